The minimum atomic E-state index is -0.430. The highest BCUT2D eigenvalue weighted by Crippen LogP contribution is 2.23. The molecular weight excluding hydrogens is 421 g/mol. The Morgan fingerprint density at radius 1 is 0.970 bits per heavy atom. The molecule has 0 spiro atoms. The van der Waals surface area contributed by atoms with Crippen molar-refractivity contribution in [3.05, 3.63) is 94.9 Å². The van der Waals surface area contributed by atoms with Gasteiger partial charge in [0.2, 0.25) is 5.91 Å². The molecule has 0 radical (unpaired) electrons. The molecule has 168 valence electrons. The zero-order chi connectivity index (χ0) is 23.4. The summed E-state index contributed by atoms with van der Waals surface area (Å²) >= 11 is 0. The van der Waals surface area contributed by atoms with Crippen molar-refractivity contribution in [2.45, 2.75) is 19.8 Å². The van der Waals surface area contributed by atoms with Gasteiger partial charge in [-0.25, -0.2) is 9.37 Å². The third-order valence-electron chi connectivity index (χ3n) is 5.83. The van der Waals surface area contributed by atoms with Gasteiger partial charge in [0.1, 0.15) is 11.6 Å². The van der Waals surface area contributed by atoms with E-state index in [1.165, 1.54) is 24.3 Å². The highest BCUT2D eigenvalue weighted by atomic mass is 19.1. The van der Waals surface area contributed by atoms with Crippen molar-refractivity contribution in [3.63, 3.8) is 0 Å². The predicted molar refractivity (Wildman–Crippen MR) is 123 cm³/mol. The largest absolute Gasteiger partial charge is 0.339 e. The molecule has 4 rings (SSSR count). The number of nitrogens with one attached hydrogen (secondary N) is 1. The van der Waals surface area contributed by atoms with Crippen molar-refractivity contribution < 1.29 is 18.8 Å². The van der Waals surface area contributed by atoms with Crippen LogP contribution in [-0.2, 0) is 4.79 Å². The number of pyridine rings is 1. The minimum Gasteiger partial charge on any atom is -0.339 e. The number of hydrogen-bond acceptors (Lipinski definition) is 4. The molecule has 3 aromatic rings. The van der Waals surface area contributed by atoms with Gasteiger partial charge in [0, 0.05) is 36.3 Å². The lowest BCUT2D eigenvalue weighted by molar-refractivity contribution is -0.121. The Hall–Kier alpha value is -3.87. The summed E-state index contributed by atoms with van der Waals surface area (Å²) < 4.78 is 13.2. The molecule has 0 atom stereocenters. The van der Waals surface area contributed by atoms with Gasteiger partial charge in [-0.2, -0.15) is 0 Å². The van der Waals surface area contributed by atoms with Crippen LogP contribution in [0.3, 0.4) is 0 Å². The van der Waals surface area contributed by atoms with Crippen LogP contribution in [-0.4, -0.2) is 40.6 Å². The van der Waals surface area contributed by atoms with Gasteiger partial charge in [-0.1, -0.05) is 18.2 Å². The van der Waals surface area contributed by atoms with Gasteiger partial charge in [-0.15, -0.1) is 0 Å². The number of piperidine rings is 1. The normalized spacial score (nSPS) is 14.1. The maximum atomic E-state index is 13.2. The molecule has 2 amide bonds. The number of amides is 2. The summed E-state index contributed by atoms with van der Waals surface area (Å²) in [4.78, 5) is 44.6. The average Bonchev–Trinajstić information content (AvgIpc) is 2.84. The van der Waals surface area contributed by atoms with E-state index in [1.54, 1.807) is 35.4 Å². The molecule has 7 heteroatoms. The van der Waals surface area contributed by atoms with Gasteiger partial charge in [-0.3, -0.25) is 14.4 Å². The molecule has 1 N–H and O–H groups in total. The van der Waals surface area contributed by atoms with E-state index >= 15 is 0 Å². The van der Waals surface area contributed by atoms with E-state index in [0.717, 1.165) is 5.56 Å². The van der Waals surface area contributed by atoms with E-state index in [9.17, 15) is 18.8 Å². The predicted octanol–water partition coefficient (Wildman–Crippen LogP) is 4.25. The van der Waals surface area contributed by atoms with Crippen LogP contribution in [0.2, 0.25) is 0 Å². The minimum absolute atomic E-state index is 0.105. The van der Waals surface area contributed by atoms with Crippen LogP contribution in [0, 0.1) is 18.7 Å². The summed E-state index contributed by atoms with van der Waals surface area (Å²) in [5, 5.41) is 2.85. The van der Waals surface area contributed by atoms with E-state index < -0.39 is 5.82 Å². The standard InChI is InChI=1S/C26H24FN3O3/c1-17-10-13-28-23(16-17)29-25(32)19-11-14-30(15-12-19)26(33)22-5-3-2-4-21(22)24(31)18-6-8-20(27)9-7-18/h2-10,13,16,19H,11-12,14-15H2,1H3,(H,28,29,32). The number of anilines is 1. The summed E-state index contributed by atoms with van der Waals surface area (Å²) in [5.41, 5.74) is 1.91. The maximum Gasteiger partial charge on any atom is 0.254 e. The molecule has 6 nitrogen and oxygen atoms in total. The van der Waals surface area contributed by atoms with Gasteiger partial charge in [0.15, 0.2) is 5.78 Å². The lowest BCUT2D eigenvalue weighted by atomic mass is 9.93. The number of rotatable bonds is 5. The van der Waals surface area contributed by atoms with Crippen LogP contribution in [0.15, 0.2) is 66.9 Å². The Labute approximate surface area is 191 Å². The zero-order valence-electron chi connectivity index (χ0n) is 18.3. The lowest BCUT2D eigenvalue weighted by Gasteiger charge is -2.31. The third kappa shape index (κ3) is 5.14. The summed E-state index contributed by atoms with van der Waals surface area (Å²) in [6, 6.07) is 15.6. The Morgan fingerprint density at radius 3 is 2.30 bits per heavy atom. The number of nitrogens with zero attached hydrogens (tertiary/aromatic N) is 2. The number of carbonyl (C=O) groups excluding carboxylic acids is 3. The van der Waals surface area contributed by atoms with Crippen LogP contribution in [0.5, 0.6) is 0 Å². The third-order valence-corrected chi connectivity index (χ3v) is 5.83. The van der Waals surface area contributed by atoms with Crippen molar-refractivity contribution in [1.29, 1.82) is 0 Å². The second-order valence-electron chi connectivity index (χ2n) is 8.16. The molecule has 1 fully saturated rings. The van der Waals surface area contributed by atoms with Gasteiger partial charge >= 0.3 is 0 Å². The monoisotopic (exact) mass is 445 g/mol. The molecule has 0 aliphatic carbocycles. The highest BCUT2D eigenvalue weighted by molar-refractivity contribution is 6.15. The molecule has 1 aliphatic rings. The fraction of sp³-hybridized carbons (Fsp3) is 0.231. The van der Waals surface area contributed by atoms with Crippen molar-refractivity contribution in [1.82, 2.24) is 9.88 Å². The second-order valence-corrected chi connectivity index (χ2v) is 8.16. The summed E-state index contributed by atoms with van der Waals surface area (Å²) in [5.74, 6) is -0.814. The first-order valence-electron chi connectivity index (χ1n) is 10.8. The SMILES string of the molecule is Cc1ccnc(NC(=O)C2CCN(C(=O)c3ccccc3C(=O)c3ccc(F)cc3)CC2)c1. The van der Waals surface area contributed by atoms with E-state index in [-0.39, 0.29) is 29.1 Å². The van der Waals surface area contributed by atoms with E-state index in [4.69, 9.17) is 0 Å². The van der Waals surface area contributed by atoms with Crippen molar-refractivity contribution in [2.24, 2.45) is 5.92 Å². The molecule has 1 aromatic heterocycles. The Balaban J connectivity index is 1.42. The first kappa shape index (κ1) is 22.3. The number of likely N-dealkylation sites (tertiary alicyclic amines) is 1. The molecular formula is C26H24FN3O3. The number of hydrogen-bond donors (Lipinski definition) is 1. The van der Waals surface area contributed by atoms with E-state index in [1.807, 2.05) is 19.1 Å². The fourth-order valence-electron chi connectivity index (χ4n) is 3.97. The summed E-state index contributed by atoms with van der Waals surface area (Å²) in [6.07, 6.45) is 2.70. The molecule has 1 saturated heterocycles. The highest BCUT2D eigenvalue weighted by Gasteiger charge is 2.29. The summed E-state index contributed by atoms with van der Waals surface area (Å²) in [6.45, 7) is 2.76. The first-order chi connectivity index (χ1) is 15.9. The fourth-order valence-corrected chi connectivity index (χ4v) is 3.97. The number of aromatic nitrogens is 1. The molecule has 0 unspecified atom stereocenters. The zero-order valence-corrected chi connectivity index (χ0v) is 18.3. The van der Waals surface area contributed by atoms with Gasteiger partial charge in [0.05, 0.1) is 5.56 Å². The second kappa shape index (κ2) is 9.73. The summed E-state index contributed by atoms with van der Waals surface area (Å²) in [7, 11) is 0. The maximum absolute atomic E-state index is 13.2. The topological polar surface area (TPSA) is 79.4 Å². The average molecular weight is 445 g/mol. The number of benzene rings is 2. The number of aryl methyl sites for hydroxylation is 1. The molecule has 33 heavy (non-hydrogen) atoms. The smallest absolute Gasteiger partial charge is 0.254 e. The van der Waals surface area contributed by atoms with E-state index in [2.05, 4.69) is 10.3 Å². The van der Waals surface area contributed by atoms with Crippen LogP contribution >= 0.6 is 0 Å². The van der Waals surface area contributed by atoms with Gasteiger partial charge in [0.25, 0.3) is 5.91 Å². The number of ketones is 1. The van der Waals surface area contributed by atoms with E-state index in [0.29, 0.717) is 42.9 Å². The van der Waals surface area contributed by atoms with Gasteiger partial charge < -0.3 is 10.2 Å². The van der Waals surface area contributed by atoms with Crippen molar-refractivity contribution in [3.8, 4) is 0 Å². The van der Waals surface area contributed by atoms with Crippen LogP contribution < -0.4 is 5.32 Å². The van der Waals surface area contributed by atoms with Crippen molar-refractivity contribution in [2.75, 3.05) is 18.4 Å². The van der Waals surface area contributed by atoms with Crippen molar-refractivity contribution >= 4 is 23.4 Å². The Bertz CT molecular complexity index is 1190. The molecule has 2 heterocycles. The van der Waals surface area contributed by atoms with Crippen LogP contribution in [0.1, 0.15) is 44.7 Å². The molecule has 0 bridgehead atoms. The van der Waals surface area contributed by atoms with Crippen LogP contribution in [0.25, 0.3) is 0 Å². The molecule has 2 aromatic carbocycles. The molecule has 0 saturated carbocycles. The number of halogens is 1. The number of carbonyl (C=O) groups is 3. The van der Waals surface area contributed by atoms with Gasteiger partial charge in [-0.05, 0) is 67.8 Å². The Morgan fingerprint density at radius 2 is 1.64 bits per heavy atom. The van der Waals surface area contributed by atoms with Crippen LogP contribution in [0.4, 0.5) is 10.2 Å². The Kier molecular flexibility index (Phi) is 6.58. The molecule has 1 aliphatic heterocycles. The quantitative estimate of drug-likeness (QED) is 0.596. The first-order valence-corrected chi connectivity index (χ1v) is 10.8. The lowest BCUT2D eigenvalue weighted by Crippen LogP contribution is -2.42.